The van der Waals surface area contributed by atoms with Gasteiger partial charge in [0.05, 0.1) is 15.7 Å². The molecule has 1 aromatic carbocycles. The number of nitrogens with one attached hydrogen (secondary N) is 1. The Morgan fingerprint density at radius 3 is 2.70 bits per heavy atom. The highest BCUT2D eigenvalue weighted by Gasteiger charge is 2.15. The van der Waals surface area contributed by atoms with Crippen molar-refractivity contribution < 1.29 is 14.3 Å². The summed E-state index contributed by atoms with van der Waals surface area (Å²) in [6.07, 6.45) is 6.60. The van der Waals surface area contributed by atoms with E-state index in [1.165, 1.54) is 30.7 Å². The van der Waals surface area contributed by atoms with Gasteiger partial charge in [-0.05, 0) is 52.9 Å². The van der Waals surface area contributed by atoms with Crippen LogP contribution < -0.4 is 5.32 Å². The van der Waals surface area contributed by atoms with Crippen molar-refractivity contribution in [2.75, 3.05) is 23.9 Å². The Morgan fingerprint density at radius 2 is 2.05 bits per heavy atom. The Labute approximate surface area is 131 Å². The second kappa shape index (κ2) is 9.23. The second-order valence-corrected chi connectivity index (χ2v) is 6.21. The van der Waals surface area contributed by atoms with Crippen molar-refractivity contribution in [3.8, 4) is 0 Å². The predicted octanol–water partition coefficient (Wildman–Crippen LogP) is 4.62. The number of carbonyl (C=O) groups is 1. The molecule has 0 saturated heterocycles. The fourth-order valence-corrected chi connectivity index (χ4v) is 2.81. The van der Waals surface area contributed by atoms with Gasteiger partial charge in [-0.25, -0.2) is 9.18 Å². The fraction of sp³-hybridized carbons (Fsp3) is 0.500. The van der Waals surface area contributed by atoms with E-state index < -0.39 is 11.8 Å². The Bertz CT molecular complexity index is 457. The molecule has 0 aromatic heterocycles. The van der Waals surface area contributed by atoms with Crippen LogP contribution >= 0.6 is 27.7 Å². The first kappa shape index (κ1) is 17.3. The summed E-state index contributed by atoms with van der Waals surface area (Å²) in [7, 11) is 0. The number of halogens is 2. The number of anilines is 1. The van der Waals surface area contributed by atoms with Gasteiger partial charge in [-0.1, -0.05) is 12.8 Å². The van der Waals surface area contributed by atoms with Crippen molar-refractivity contribution in [2.45, 2.75) is 25.7 Å². The van der Waals surface area contributed by atoms with Crippen LogP contribution in [0.1, 0.15) is 36.0 Å². The number of hydrogen-bond acceptors (Lipinski definition) is 3. The largest absolute Gasteiger partial charge is 0.478 e. The van der Waals surface area contributed by atoms with Gasteiger partial charge >= 0.3 is 5.97 Å². The highest BCUT2D eigenvalue weighted by Crippen LogP contribution is 2.27. The van der Waals surface area contributed by atoms with E-state index in [0.717, 1.165) is 12.8 Å². The molecule has 0 radical (unpaired) electrons. The van der Waals surface area contributed by atoms with E-state index >= 15 is 0 Å². The molecule has 1 rings (SSSR count). The van der Waals surface area contributed by atoms with Gasteiger partial charge in [-0.15, -0.1) is 0 Å². The highest BCUT2D eigenvalue weighted by atomic mass is 79.9. The molecular formula is C14H19BrFNO2S. The van der Waals surface area contributed by atoms with Crippen LogP contribution in [0, 0.1) is 5.82 Å². The summed E-state index contributed by atoms with van der Waals surface area (Å²) in [5.41, 5.74) is 0.274. The summed E-state index contributed by atoms with van der Waals surface area (Å²) < 4.78 is 13.9. The number of carboxylic acid groups (broad SMARTS) is 1. The standard InChI is InChI=1S/C14H19BrFNO2S/c1-20-9-5-3-2-4-8-17-11-7-6-10(14(18)19)12(15)13(11)16/h6-7,17H,2-5,8-9H2,1H3,(H,18,19). The first-order valence-electron chi connectivity index (χ1n) is 6.52. The molecule has 3 nitrogen and oxygen atoms in total. The summed E-state index contributed by atoms with van der Waals surface area (Å²) in [6.45, 7) is 0.690. The quantitative estimate of drug-likeness (QED) is 0.628. The van der Waals surface area contributed by atoms with Gasteiger partial charge in [0.1, 0.15) is 0 Å². The number of aromatic carboxylic acids is 1. The van der Waals surface area contributed by atoms with Crippen molar-refractivity contribution in [3.63, 3.8) is 0 Å². The van der Waals surface area contributed by atoms with Gasteiger partial charge in [0, 0.05) is 6.54 Å². The molecule has 0 spiro atoms. The van der Waals surface area contributed by atoms with Crippen LogP contribution in [0.2, 0.25) is 0 Å². The summed E-state index contributed by atoms with van der Waals surface area (Å²) in [6, 6.07) is 2.87. The first-order valence-corrected chi connectivity index (χ1v) is 8.70. The Balaban J connectivity index is 2.41. The van der Waals surface area contributed by atoms with Gasteiger partial charge < -0.3 is 10.4 Å². The predicted molar refractivity (Wildman–Crippen MR) is 86.4 cm³/mol. The van der Waals surface area contributed by atoms with Crippen LogP contribution in [0.5, 0.6) is 0 Å². The normalized spacial score (nSPS) is 10.6. The van der Waals surface area contributed by atoms with Crippen LogP contribution in [0.3, 0.4) is 0 Å². The average molecular weight is 364 g/mol. The number of rotatable bonds is 9. The molecule has 0 saturated carbocycles. The van der Waals surface area contributed by atoms with Gasteiger partial charge in [0.2, 0.25) is 0 Å². The maximum absolute atomic E-state index is 13.9. The van der Waals surface area contributed by atoms with Crippen LogP contribution in [-0.2, 0) is 0 Å². The third-order valence-corrected chi connectivity index (χ3v) is 4.38. The van der Waals surface area contributed by atoms with E-state index in [-0.39, 0.29) is 10.0 Å². The Hall–Kier alpha value is -0.750. The molecule has 0 fully saturated rings. The molecule has 20 heavy (non-hydrogen) atoms. The number of thioether (sulfide) groups is 1. The maximum atomic E-state index is 13.9. The third-order valence-electron chi connectivity index (χ3n) is 2.90. The zero-order chi connectivity index (χ0) is 15.0. The molecule has 0 bridgehead atoms. The highest BCUT2D eigenvalue weighted by molar-refractivity contribution is 9.10. The van der Waals surface area contributed by atoms with Crippen molar-refractivity contribution >= 4 is 39.3 Å². The lowest BCUT2D eigenvalue weighted by Crippen LogP contribution is -2.06. The Kier molecular flexibility index (Phi) is 7.99. The van der Waals surface area contributed by atoms with Gasteiger partial charge in [0.15, 0.2) is 5.82 Å². The molecular weight excluding hydrogens is 345 g/mol. The minimum absolute atomic E-state index is 0.00466. The molecule has 0 unspecified atom stereocenters. The number of benzene rings is 1. The molecule has 6 heteroatoms. The van der Waals surface area contributed by atoms with Crippen molar-refractivity contribution in [2.24, 2.45) is 0 Å². The molecule has 1 aromatic rings. The van der Waals surface area contributed by atoms with Gasteiger partial charge in [-0.3, -0.25) is 0 Å². The lowest BCUT2D eigenvalue weighted by Gasteiger charge is -2.10. The van der Waals surface area contributed by atoms with E-state index in [2.05, 4.69) is 27.5 Å². The summed E-state index contributed by atoms with van der Waals surface area (Å²) >= 11 is 4.84. The zero-order valence-corrected chi connectivity index (χ0v) is 13.8. The summed E-state index contributed by atoms with van der Waals surface area (Å²) in [5, 5.41) is 11.9. The molecule has 0 amide bonds. The smallest absolute Gasteiger partial charge is 0.336 e. The molecule has 0 aliphatic heterocycles. The zero-order valence-electron chi connectivity index (χ0n) is 11.4. The fourth-order valence-electron chi connectivity index (χ4n) is 1.80. The molecule has 0 aliphatic rings. The summed E-state index contributed by atoms with van der Waals surface area (Å²) in [5.74, 6) is -0.505. The molecule has 0 aliphatic carbocycles. The first-order chi connectivity index (χ1) is 9.57. The van der Waals surface area contributed by atoms with E-state index in [0.29, 0.717) is 12.2 Å². The van der Waals surface area contributed by atoms with E-state index in [9.17, 15) is 9.18 Å². The maximum Gasteiger partial charge on any atom is 0.336 e. The number of carboxylic acids is 1. The van der Waals surface area contributed by atoms with Crippen molar-refractivity contribution in [1.82, 2.24) is 0 Å². The van der Waals surface area contributed by atoms with Crippen molar-refractivity contribution in [3.05, 3.63) is 28.0 Å². The van der Waals surface area contributed by atoms with E-state index in [4.69, 9.17) is 5.11 Å². The van der Waals surface area contributed by atoms with Crippen LogP contribution in [0.4, 0.5) is 10.1 Å². The minimum Gasteiger partial charge on any atom is -0.478 e. The summed E-state index contributed by atoms with van der Waals surface area (Å²) in [4.78, 5) is 10.9. The lowest BCUT2D eigenvalue weighted by molar-refractivity contribution is 0.0695. The van der Waals surface area contributed by atoms with Crippen LogP contribution in [0.15, 0.2) is 16.6 Å². The van der Waals surface area contributed by atoms with Crippen LogP contribution in [-0.4, -0.2) is 29.6 Å². The SMILES string of the molecule is CSCCCCCCNc1ccc(C(=O)O)c(Br)c1F. The molecule has 0 heterocycles. The van der Waals surface area contributed by atoms with Gasteiger partial charge in [0.25, 0.3) is 0 Å². The Morgan fingerprint density at radius 1 is 1.35 bits per heavy atom. The van der Waals surface area contributed by atoms with E-state index in [1.54, 1.807) is 0 Å². The van der Waals surface area contributed by atoms with Crippen molar-refractivity contribution in [1.29, 1.82) is 0 Å². The monoisotopic (exact) mass is 363 g/mol. The van der Waals surface area contributed by atoms with Crippen LogP contribution in [0.25, 0.3) is 0 Å². The van der Waals surface area contributed by atoms with E-state index in [1.807, 2.05) is 11.8 Å². The number of unbranched alkanes of at least 4 members (excludes halogenated alkanes) is 3. The molecule has 0 atom stereocenters. The third kappa shape index (κ3) is 5.32. The van der Waals surface area contributed by atoms with Gasteiger partial charge in [-0.2, -0.15) is 11.8 Å². The minimum atomic E-state index is -1.14. The topological polar surface area (TPSA) is 49.3 Å². The average Bonchev–Trinajstić information content (AvgIpc) is 2.42. The lowest BCUT2D eigenvalue weighted by atomic mass is 10.2. The number of hydrogen-bond donors (Lipinski definition) is 2. The molecule has 112 valence electrons. The molecule has 2 N–H and O–H groups in total. The second-order valence-electron chi connectivity index (χ2n) is 4.43.